The SMILES string of the molecule is CC(C(=O)O)N(C)C(=O)N1CCC(CN(C)C)CC1. The first-order valence-corrected chi connectivity index (χ1v) is 6.72. The van der Waals surface area contributed by atoms with Crippen LogP contribution >= 0.6 is 0 Å². The number of piperidine rings is 1. The second kappa shape index (κ2) is 6.75. The van der Waals surface area contributed by atoms with Gasteiger partial charge in [0.05, 0.1) is 0 Å². The molecule has 0 aliphatic carbocycles. The van der Waals surface area contributed by atoms with Gasteiger partial charge in [0.2, 0.25) is 0 Å². The summed E-state index contributed by atoms with van der Waals surface area (Å²) in [6.45, 7) is 4.00. The van der Waals surface area contributed by atoms with E-state index in [1.807, 2.05) is 0 Å². The summed E-state index contributed by atoms with van der Waals surface area (Å²) in [6, 6.07) is -0.967. The van der Waals surface area contributed by atoms with Gasteiger partial charge >= 0.3 is 12.0 Å². The minimum Gasteiger partial charge on any atom is -0.480 e. The van der Waals surface area contributed by atoms with E-state index in [-0.39, 0.29) is 6.03 Å². The largest absolute Gasteiger partial charge is 0.480 e. The number of carbonyl (C=O) groups excluding carboxylic acids is 1. The number of likely N-dealkylation sites (N-methyl/N-ethyl adjacent to an activating group) is 1. The van der Waals surface area contributed by atoms with Crippen LogP contribution in [0.5, 0.6) is 0 Å². The maximum Gasteiger partial charge on any atom is 0.326 e. The van der Waals surface area contributed by atoms with Crippen LogP contribution in [0.1, 0.15) is 19.8 Å². The van der Waals surface area contributed by atoms with Crippen molar-refractivity contribution >= 4 is 12.0 Å². The molecule has 2 amide bonds. The molecule has 0 spiro atoms. The standard InChI is InChI=1S/C13H25N3O3/c1-10(12(17)18)15(4)13(19)16-7-5-11(6-8-16)9-14(2)3/h10-11H,5-9H2,1-4H3,(H,17,18). The van der Waals surface area contributed by atoms with Crippen LogP contribution in [0.25, 0.3) is 0 Å². The first-order valence-electron chi connectivity index (χ1n) is 6.72. The molecular weight excluding hydrogens is 246 g/mol. The molecule has 1 rings (SSSR count). The monoisotopic (exact) mass is 271 g/mol. The predicted molar refractivity (Wildman–Crippen MR) is 73.1 cm³/mol. The van der Waals surface area contributed by atoms with Gasteiger partial charge in [-0.3, -0.25) is 0 Å². The maximum atomic E-state index is 12.2. The lowest BCUT2D eigenvalue weighted by molar-refractivity contribution is -0.141. The number of carbonyl (C=O) groups is 2. The molecular formula is C13H25N3O3. The average molecular weight is 271 g/mol. The van der Waals surface area contributed by atoms with Gasteiger partial charge in [-0.25, -0.2) is 9.59 Å². The minimum atomic E-state index is -0.974. The van der Waals surface area contributed by atoms with Gasteiger partial charge < -0.3 is 19.8 Å². The molecule has 1 atom stereocenters. The Balaban J connectivity index is 2.46. The van der Waals surface area contributed by atoms with E-state index in [9.17, 15) is 9.59 Å². The Kier molecular flexibility index (Phi) is 5.60. The summed E-state index contributed by atoms with van der Waals surface area (Å²) in [5.74, 6) is -0.348. The van der Waals surface area contributed by atoms with Gasteiger partial charge in [-0.1, -0.05) is 0 Å². The van der Waals surface area contributed by atoms with Crippen molar-refractivity contribution in [2.24, 2.45) is 5.92 Å². The van der Waals surface area contributed by atoms with Crippen LogP contribution in [0.4, 0.5) is 4.79 Å². The molecule has 1 unspecified atom stereocenters. The second-order valence-corrected chi connectivity index (χ2v) is 5.60. The van der Waals surface area contributed by atoms with Gasteiger partial charge in [0.25, 0.3) is 0 Å². The summed E-state index contributed by atoms with van der Waals surface area (Å²) < 4.78 is 0. The molecule has 0 saturated carbocycles. The first kappa shape index (κ1) is 15.8. The van der Waals surface area contributed by atoms with Crippen molar-refractivity contribution in [1.29, 1.82) is 0 Å². The van der Waals surface area contributed by atoms with Crippen LogP contribution in [0, 0.1) is 5.92 Å². The number of hydrogen-bond acceptors (Lipinski definition) is 3. The van der Waals surface area contributed by atoms with Crippen LogP contribution in [0.3, 0.4) is 0 Å². The van der Waals surface area contributed by atoms with E-state index < -0.39 is 12.0 Å². The molecule has 1 aliphatic heterocycles. The molecule has 1 aliphatic rings. The molecule has 1 heterocycles. The third kappa shape index (κ3) is 4.38. The number of carboxylic acids is 1. The first-order chi connectivity index (χ1) is 8.82. The zero-order valence-corrected chi connectivity index (χ0v) is 12.3. The number of urea groups is 1. The van der Waals surface area contributed by atoms with Gasteiger partial charge in [0, 0.05) is 26.7 Å². The number of hydrogen-bond donors (Lipinski definition) is 1. The normalized spacial score (nSPS) is 18.5. The fourth-order valence-electron chi connectivity index (χ4n) is 2.38. The maximum absolute atomic E-state index is 12.2. The lowest BCUT2D eigenvalue weighted by Gasteiger charge is -2.36. The summed E-state index contributed by atoms with van der Waals surface area (Å²) in [7, 11) is 5.66. The highest BCUT2D eigenvalue weighted by atomic mass is 16.4. The Morgan fingerprint density at radius 3 is 2.21 bits per heavy atom. The molecule has 6 heteroatoms. The zero-order valence-electron chi connectivity index (χ0n) is 12.3. The molecule has 0 aromatic rings. The molecule has 1 fully saturated rings. The van der Waals surface area contributed by atoms with Crippen LogP contribution in [0.15, 0.2) is 0 Å². The Bertz CT molecular complexity index is 325. The van der Waals surface area contributed by atoms with Crippen molar-refractivity contribution in [2.45, 2.75) is 25.8 Å². The minimum absolute atomic E-state index is 0.182. The van der Waals surface area contributed by atoms with E-state index in [0.29, 0.717) is 19.0 Å². The quantitative estimate of drug-likeness (QED) is 0.821. The van der Waals surface area contributed by atoms with Gasteiger partial charge in [0.15, 0.2) is 0 Å². The Morgan fingerprint density at radius 2 is 1.79 bits per heavy atom. The second-order valence-electron chi connectivity index (χ2n) is 5.60. The smallest absolute Gasteiger partial charge is 0.326 e. The molecule has 0 bridgehead atoms. The lowest BCUT2D eigenvalue weighted by Crippen LogP contribution is -2.50. The van der Waals surface area contributed by atoms with E-state index in [4.69, 9.17) is 5.11 Å². The molecule has 1 N–H and O–H groups in total. The molecule has 6 nitrogen and oxygen atoms in total. The molecule has 0 aromatic heterocycles. The van der Waals surface area contributed by atoms with Gasteiger partial charge in [-0.2, -0.15) is 0 Å². The van der Waals surface area contributed by atoms with E-state index in [1.165, 1.54) is 11.8 Å². The van der Waals surface area contributed by atoms with Crippen molar-refractivity contribution in [3.8, 4) is 0 Å². The van der Waals surface area contributed by atoms with Gasteiger partial charge in [-0.05, 0) is 39.8 Å². The summed E-state index contributed by atoms with van der Waals surface area (Å²) in [5, 5.41) is 8.92. The number of nitrogens with zero attached hydrogens (tertiary/aromatic N) is 3. The third-order valence-corrected chi connectivity index (χ3v) is 3.75. The molecule has 1 saturated heterocycles. The van der Waals surface area contributed by atoms with Crippen molar-refractivity contribution < 1.29 is 14.7 Å². The van der Waals surface area contributed by atoms with Crippen molar-refractivity contribution in [2.75, 3.05) is 40.8 Å². The predicted octanol–water partition coefficient (Wildman–Crippen LogP) is 0.785. The topological polar surface area (TPSA) is 64.1 Å². The number of aliphatic carboxylic acids is 1. The number of carboxylic acid groups (broad SMARTS) is 1. The van der Waals surface area contributed by atoms with Gasteiger partial charge in [0.1, 0.15) is 6.04 Å². The zero-order chi connectivity index (χ0) is 14.6. The Hall–Kier alpha value is -1.30. The summed E-state index contributed by atoms with van der Waals surface area (Å²) in [5.41, 5.74) is 0. The fourth-order valence-corrected chi connectivity index (χ4v) is 2.38. The molecule has 0 aromatic carbocycles. The van der Waals surface area contributed by atoms with E-state index in [0.717, 1.165) is 19.4 Å². The van der Waals surface area contributed by atoms with E-state index in [2.05, 4.69) is 19.0 Å². The highest BCUT2D eigenvalue weighted by Crippen LogP contribution is 2.19. The average Bonchev–Trinajstić information content (AvgIpc) is 2.36. The van der Waals surface area contributed by atoms with E-state index in [1.54, 1.807) is 11.9 Å². The Morgan fingerprint density at radius 1 is 1.26 bits per heavy atom. The third-order valence-electron chi connectivity index (χ3n) is 3.75. The van der Waals surface area contributed by atoms with Crippen molar-refractivity contribution in [1.82, 2.24) is 14.7 Å². The van der Waals surface area contributed by atoms with Gasteiger partial charge in [-0.15, -0.1) is 0 Å². The summed E-state index contributed by atoms with van der Waals surface area (Å²) in [4.78, 5) is 28.3. The molecule has 110 valence electrons. The molecule has 19 heavy (non-hydrogen) atoms. The number of likely N-dealkylation sites (tertiary alicyclic amines) is 1. The Labute approximate surface area is 115 Å². The van der Waals surface area contributed by atoms with Crippen LogP contribution in [0.2, 0.25) is 0 Å². The van der Waals surface area contributed by atoms with E-state index >= 15 is 0 Å². The highest BCUT2D eigenvalue weighted by molar-refractivity contribution is 5.82. The van der Waals surface area contributed by atoms with Crippen molar-refractivity contribution in [3.63, 3.8) is 0 Å². The van der Waals surface area contributed by atoms with Crippen LogP contribution < -0.4 is 0 Å². The summed E-state index contributed by atoms with van der Waals surface area (Å²) >= 11 is 0. The number of amides is 2. The number of rotatable bonds is 4. The molecule has 0 radical (unpaired) electrons. The summed E-state index contributed by atoms with van der Waals surface area (Å²) in [6.07, 6.45) is 1.97. The fraction of sp³-hybridized carbons (Fsp3) is 0.846. The highest BCUT2D eigenvalue weighted by Gasteiger charge is 2.29. The lowest BCUT2D eigenvalue weighted by atomic mass is 9.96. The van der Waals surface area contributed by atoms with Crippen LogP contribution in [-0.2, 0) is 4.79 Å². The van der Waals surface area contributed by atoms with Crippen LogP contribution in [-0.4, -0.2) is 78.6 Å². The van der Waals surface area contributed by atoms with Crippen molar-refractivity contribution in [3.05, 3.63) is 0 Å².